The number of sulfonamides is 1. The molecular formula is C19H23N3O3S2. The average molecular weight is 406 g/mol. The lowest BCUT2D eigenvalue weighted by Crippen LogP contribution is -2.37. The minimum Gasteiger partial charge on any atom is -0.353 e. The second-order valence-corrected chi connectivity index (χ2v) is 9.24. The van der Waals surface area contributed by atoms with Crippen LogP contribution in [0.4, 0.5) is 5.69 Å². The van der Waals surface area contributed by atoms with E-state index in [1.54, 1.807) is 42.6 Å². The quantitative estimate of drug-likeness (QED) is 0.689. The molecule has 2 N–H and O–H groups in total. The van der Waals surface area contributed by atoms with Crippen molar-refractivity contribution in [2.75, 3.05) is 10.5 Å². The molecule has 1 aromatic carbocycles. The first-order valence-electron chi connectivity index (χ1n) is 8.98. The lowest BCUT2D eigenvalue weighted by Gasteiger charge is -2.22. The topological polar surface area (TPSA) is 88.2 Å². The molecule has 27 heavy (non-hydrogen) atoms. The summed E-state index contributed by atoms with van der Waals surface area (Å²) in [4.78, 5) is 17.0. The maximum atomic E-state index is 12.4. The molecule has 0 aliphatic heterocycles. The molecule has 0 saturated heterocycles. The van der Waals surface area contributed by atoms with E-state index >= 15 is 0 Å². The molecule has 0 radical (unpaired) electrons. The van der Waals surface area contributed by atoms with Gasteiger partial charge in [-0.2, -0.15) is 0 Å². The third kappa shape index (κ3) is 5.97. The summed E-state index contributed by atoms with van der Waals surface area (Å²) < 4.78 is 27.3. The number of nitrogens with one attached hydrogen (secondary N) is 2. The maximum Gasteiger partial charge on any atom is 0.261 e. The Morgan fingerprint density at radius 3 is 2.52 bits per heavy atom. The predicted octanol–water partition coefficient (Wildman–Crippen LogP) is 3.42. The van der Waals surface area contributed by atoms with Gasteiger partial charge in [-0.15, -0.1) is 11.8 Å². The van der Waals surface area contributed by atoms with Gasteiger partial charge < -0.3 is 5.32 Å². The van der Waals surface area contributed by atoms with E-state index in [4.69, 9.17) is 0 Å². The van der Waals surface area contributed by atoms with E-state index < -0.39 is 10.0 Å². The number of benzene rings is 1. The van der Waals surface area contributed by atoms with Crippen molar-refractivity contribution in [1.82, 2.24) is 10.3 Å². The number of anilines is 1. The first-order chi connectivity index (χ1) is 13.0. The second kappa shape index (κ2) is 9.23. The molecule has 1 saturated carbocycles. The van der Waals surface area contributed by atoms with Crippen LogP contribution >= 0.6 is 11.8 Å². The van der Waals surface area contributed by atoms with Crippen LogP contribution in [0, 0.1) is 0 Å². The molecule has 1 aromatic heterocycles. The van der Waals surface area contributed by atoms with Gasteiger partial charge in [0.1, 0.15) is 0 Å². The predicted molar refractivity (Wildman–Crippen MR) is 107 cm³/mol. The molecule has 3 rings (SSSR count). The SMILES string of the molecule is O=C(CSc1ccc(S(=O)(=O)Nc2cccnc2)cc1)NC1CCCCC1. The summed E-state index contributed by atoms with van der Waals surface area (Å²) in [7, 11) is -3.66. The van der Waals surface area contributed by atoms with Gasteiger partial charge in [-0.3, -0.25) is 14.5 Å². The van der Waals surface area contributed by atoms with Crippen LogP contribution in [0.1, 0.15) is 32.1 Å². The number of amides is 1. The fraction of sp³-hybridized carbons (Fsp3) is 0.368. The third-order valence-electron chi connectivity index (χ3n) is 4.39. The largest absolute Gasteiger partial charge is 0.353 e. The molecule has 0 bridgehead atoms. The zero-order valence-electron chi connectivity index (χ0n) is 14.9. The van der Waals surface area contributed by atoms with Crippen LogP contribution in [0.15, 0.2) is 58.6 Å². The summed E-state index contributed by atoms with van der Waals surface area (Å²) in [6, 6.07) is 10.1. The highest BCUT2D eigenvalue weighted by Crippen LogP contribution is 2.22. The summed E-state index contributed by atoms with van der Waals surface area (Å²) in [5.74, 6) is 0.359. The lowest BCUT2D eigenvalue weighted by molar-refractivity contribution is -0.119. The highest BCUT2D eigenvalue weighted by Gasteiger charge is 2.16. The Labute approximate surface area is 164 Å². The van der Waals surface area contributed by atoms with E-state index in [1.807, 2.05) is 0 Å². The van der Waals surface area contributed by atoms with Crippen molar-refractivity contribution >= 4 is 33.4 Å². The Morgan fingerprint density at radius 2 is 1.85 bits per heavy atom. The molecule has 1 amide bonds. The van der Waals surface area contributed by atoms with Crippen LogP contribution in [0.3, 0.4) is 0 Å². The van der Waals surface area contributed by atoms with Crippen molar-refractivity contribution in [1.29, 1.82) is 0 Å². The van der Waals surface area contributed by atoms with Crippen LogP contribution in [0.25, 0.3) is 0 Å². The van der Waals surface area contributed by atoms with Crippen molar-refractivity contribution in [2.45, 2.75) is 47.9 Å². The Balaban J connectivity index is 1.53. The number of carbonyl (C=O) groups is 1. The molecule has 0 spiro atoms. The molecule has 1 aliphatic rings. The van der Waals surface area contributed by atoms with Crippen LogP contribution in [-0.2, 0) is 14.8 Å². The fourth-order valence-electron chi connectivity index (χ4n) is 3.02. The van der Waals surface area contributed by atoms with E-state index in [9.17, 15) is 13.2 Å². The summed E-state index contributed by atoms with van der Waals surface area (Å²) >= 11 is 1.40. The Bertz CT molecular complexity index is 850. The van der Waals surface area contributed by atoms with Crippen molar-refractivity contribution < 1.29 is 13.2 Å². The van der Waals surface area contributed by atoms with E-state index in [-0.39, 0.29) is 10.8 Å². The van der Waals surface area contributed by atoms with E-state index in [0.717, 1.165) is 17.7 Å². The number of carbonyl (C=O) groups excluding carboxylic acids is 1. The number of pyridine rings is 1. The fourth-order valence-corrected chi connectivity index (χ4v) is 4.77. The minimum absolute atomic E-state index is 0.0295. The first-order valence-corrected chi connectivity index (χ1v) is 11.4. The van der Waals surface area contributed by atoms with Gasteiger partial charge in [0.15, 0.2) is 0 Å². The molecule has 6 nitrogen and oxygen atoms in total. The number of hydrogen-bond donors (Lipinski definition) is 2. The normalized spacial score (nSPS) is 15.3. The molecule has 1 fully saturated rings. The first kappa shape index (κ1) is 19.7. The molecule has 2 aromatic rings. The Kier molecular flexibility index (Phi) is 6.73. The van der Waals surface area contributed by atoms with Crippen LogP contribution in [0.5, 0.6) is 0 Å². The smallest absolute Gasteiger partial charge is 0.261 e. The number of rotatable bonds is 7. The maximum absolute atomic E-state index is 12.4. The van der Waals surface area contributed by atoms with E-state index in [2.05, 4.69) is 15.0 Å². The van der Waals surface area contributed by atoms with Gasteiger partial charge in [0.05, 0.1) is 22.5 Å². The summed E-state index contributed by atoms with van der Waals surface area (Å²) in [6.45, 7) is 0. The van der Waals surface area contributed by atoms with Crippen molar-refractivity contribution in [3.05, 3.63) is 48.8 Å². The summed E-state index contributed by atoms with van der Waals surface area (Å²) in [6.07, 6.45) is 8.77. The summed E-state index contributed by atoms with van der Waals surface area (Å²) in [5.41, 5.74) is 0.412. The highest BCUT2D eigenvalue weighted by molar-refractivity contribution is 8.00. The molecular weight excluding hydrogens is 382 g/mol. The van der Waals surface area contributed by atoms with Gasteiger partial charge in [0, 0.05) is 17.1 Å². The molecule has 0 atom stereocenters. The van der Waals surface area contributed by atoms with Crippen LogP contribution in [0.2, 0.25) is 0 Å². The van der Waals surface area contributed by atoms with Crippen molar-refractivity contribution in [2.24, 2.45) is 0 Å². The zero-order chi connectivity index (χ0) is 19.1. The summed E-state index contributed by atoms with van der Waals surface area (Å²) in [5, 5.41) is 3.08. The number of thioether (sulfide) groups is 1. The number of hydrogen-bond acceptors (Lipinski definition) is 5. The molecule has 1 aliphatic carbocycles. The Morgan fingerprint density at radius 1 is 1.11 bits per heavy atom. The second-order valence-electron chi connectivity index (χ2n) is 6.51. The lowest BCUT2D eigenvalue weighted by atomic mass is 9.95. The van der Waals surface area contributed by atoms with Gasteiger partial charge in [-0.1, -0.05) is 19.3 Å². The molecule has 144 valence electrons. The minimum atomic E-state index is -3.66. The third-order valence-corrected chi connectivity index (χ3v) is 6.80. The average Bonchev–Trinajstić information content (AvgIpc) is 2.68. The standard InChI is InChI=1S/C19H23N3O3S2/c23-19(21-15-5-2-1-3-6-15)14-26-17-8-10-18(11-9-17)27(24,25)22-16-7-4-12-20-13-16/h4,7-13,15,22H,1-3,5-6,14H2,(H,21,23). The monoisotopic (exact) mass is 405 g/mol. The van der Waals surface area contributed by atoms with Crippen LogP contribution < -0.4 is 10.0 Å². The van der Waals surface area contributed by atoms with E-state index in [0.29, 0.717) is 17.5 Å². The number of aromatic nitrogens is 1. The van der Waals surface area contributed by atoms with Crippen molar-refractivity contribution in [3.8, 4) is 0 Å². The van der Waals surface area contributed by atoms with Gasteiger partial charge in [0.25, 0.3) is 10.0 Å². The van der Waals surface area contributed by atoms with E-state index in [1.165, 1.54) is 37.2 Å². The van der Waals surface area contributed by atoms with Crippen molar-refractivity contribution in [3.63, 3.8) is 0 Å². The van der Waals surface area contributed by atoms with Gasteiger partial charge in [-0.05, 0) is 49.2 Å². The molecule has 0 unspecified atom stereocenters. The van der Waals surface area contributed by atoms with Gasteiger partial charge >= 0.3 is 0 Å². The zero-order valence-corrected chi connectivity index (χ0v) is 16.6. The van der Waals surface area contributed by atoms with Gasteiger partial charge in [0.2, 0.25) is 5.91 Å². The number of nitrogens with zero attached hydrogens (tertiary/aromatic N) is 1. The Hall–Kier alpha value is -2.06. The van der Waals surface area contributed by atoms with Crippen LogP contribution in [-0.4, -0.2) is 31.1 Å². The molecule has 1 heterocycles. The highest BCUT2D eigenvalue weighted by atomic mass is 32.2. The molecule has 8 heteroatoms. The van der Waals surface area contributed by atoms with Gasteiger partial charge in [-0.25, -0.2) is 8.42 Å².